The van der Waals surface area contributed by atoms with E-state index in [-0.39, 0.29) is 23.8 Å². The van der Waals surface area contributed by atoms with Crippen LogP contribution >= 0.6 is 0 Å². The summed E-state index contributed by atoms with van der Waals surface area (Å²) in [5.41, 5.74) is 5.35. The van der Waals surface area contributed by atoms with E-state index in [1.807, 2.05) is 0 Å². The predicted molar refractivity (Wildman–Crippen MR) is 37.5 cm³/mol. The number of nitrogens with two attached hydrogens (primary N) is 1. The van der Waals surface area contributed by atoms with Crippen molar-refractivity contribution in [3.05, 3.63) is 29.0 Å². The van der Waals surface area contributed by atoms with Crippen LogP contribution in [0.1, 0.15) is 10.5 Å². The molecule has 0 fully saturated rings. The number of primary amides is 1. The van der Waals surface area contributed by atoms with E-state index in [9.17, 15) is 4.79 Å². The van der Waals surface area contributed by atoms with E-state index in [2.05, 4.69) is 9.96 Å². The minimum atomic E-state index is -0.602. The Hall–Kier alpha value is -1.67. The molecule has 1 amide bonds. The first-order valence-corrected chi connectivity index (χ1v) is 2.85. The van der Waals surface area contributed by atoms with Gasteiger partial charge in [-0.3, -0.25) is 4.79 Å². The maximum atomic E-state index is 10.5. The van der Waals surface area contributed by atoms with Crippen molar-refractivity contribution >= 4 is 11.6 Å². The fourth-order valence-electron chi connectivity index (χ4n) is 0.591. The first kappa shape index (κ1) is 10.3. The van der Waals surface area contributed by atoms with Crippen LogP contribution in [0.5, 0.6) is 0 Å². The SMILES string of the molecule is N#[N+]c1ccc(C(N)=O)nc1.[Cl-]. The van der Waals surface area contributed by atoms with Crippen molar-refractivity contribution in [3.63, 3.8) is 0 Å². The molecule has 0 unspecified atom stereocenters. The van der Waals surface area contributed by atoms with Gasteiger partial charge >= 0.3 is 5.69 Å². The zero-order valence-corrected chi connectivity index (χ0v) is 6.69. The van der Waals surface area contributed by atoms with Crippen LogP contribution in [-0.2, 0) is 0 Å². The molecule has 0 radical (unpaired) electrons. The molecule has 62 valence electrons. The van der Waals surface area contributed by atoms with E-state index in [0.717, 1.165) is 0 Å². The average Bonchev–Trinajstić information content (AvgIpc) is 2.05. The molecule has 5 nitrogen and oxygen atoms in total. The molecule has 0 saturated heterocycles. The van der Waals surface area contributed by atoms with E-state index in [4.69, 9.17) is 11.1 Å². The Morgan fingerprint density at radius 3 is 2.58 bits per heavy atom. The van der Waals surface area contributed by atoms with Gasteiger partial charge in [0.2, 0.25) is 5.39 Å². The molecule has 1 aromatic rings. The van der Waals surface area contributed by atoms with Gasteiger partial charge in [0.25, 0.3) is 5.91 Å². The van der Waals surface area contributed by atoms with Gasteiger partial charge in [0.05, 0.1) is 0 Å². The summed E-state index contributed by atoms with van der Waals surface area (Å²) in [6.07, 6.45) is 1.25. The molecule has 6 heteroatoms. The summed E-state index contributed by atoms with van der Waals surface area (Å²) in [4.78, 5) is 16.9. The van der Waals surface area contributed by atoms with Crippen molar-refractivity contribution in [1.82, 2.24) is 4.98 Å². The van der Waals surface area contributed by atoms with Crippen molar-refractivity contribution in [2.45, 2.75) is 0 Å². The second-order valence-corrected chi connectivity index (χ2v) is 1.87. The molecule has 1 aromatic heterocycles. The number of diazo groups is 1. The summed E-state index contributed by atoms with van der Waals surface area (Å²) in [7, 11) is 0. The lowest BCUT2D eigenvalue weighted by Crippen LogP contribution is -3.00. The molecule has 0 aliphatic carbocycles. The fourth-order valence-corrected chi connectivity index (χ4v) is 0.591. The Kier molecular flexibility index (Phi) is 3.67. The van der Waals surface area contributed by atoms with Crippen LogP contribution in [0, 0.1) is 5.39 Å². The normalized spacial score (nSPS) is 7.92. The van der Waals surface area contributed by atoms with Crippen LogP contribution in [-0.4, -0.2) is 10.9 Å². The molecule has 0 aliphatic rings. The molecule has 0 aliphatic heterocycles. The van der Waals surface area contributed by atoms with Gasteiger partial charge in [0, 0.05) is 6.07 Å². The highest BCUT2D eigenvalue weighted by molar-refractivity contribution is 5.90. The fraction of sp³-hybridized carbons (Fsp3) is 0. The molecule has 1 rings (SSSR count). The van der Waals surface area contributed by atoms with Gasteiger partial charge in [-0.05, 0) is 6.07 Å². The lowest BCUT2D eigenvalue weighted by atomic mass is 10.3. The number of hydrogen-bond acceptors (Lipinski definition) is 3. The van der Waals surface area contributed by atoms with E-state index >= 15 is 0 Å². The molecule has 0 aromatic carbocycles. The zero-order chi connectivity index (χ0) is 8.27. The Labute approximate surface area is 74.6 Å². The lowest BCUT2D eigenvalue weighted by molar-refractivity contribution is -0.0000108. The molecule has 0 bridgehead atoms. The summed E-state index contributed by atoms with van der Waals surface area (Å²) in [5.74, 6) is -0.602. The smallest absolute Gasteiger partial charge is 0.403 e. The molecule has 0 saturated carbocycles. The number of hydrogen-bond donors (Lipinski definition) is 1. The summed E-state index contributed by atoms with van der Waals surface area (Å²) < 4.78 is 0. The second kappa shape index (κ2) is 4.26. The number of halogens is 1. The van der Waals surface area contributed by atoms with E-state index in [1.165, 1.54) is 18.3 Å². The summed E-state index contributed by atoms with van der Waals surface area (Å²) >= 11 is 0. The number of nitrogens with zero attached hydrogens (tertiary/aromatic N) is 3. The summed E-state index contributed by atoms with van der Waals surface area (Å²) in [6.45, 7) is 0. The third kappa shape index (κ3) is 2.18. The zero-order valence-electron chi connectivity index (χ0n) is 5.94. The molecule has 0 atom stereocenters. The van der Waals surface area contributed by atoms with Gasteiger partial charge in [-0.2, -0.15) is 0 Å². The standard InChI is InChI=1S/C6H4N4O.ClH/c7-6(11)5-2-1-4(10-8)3-9-5;/h1-3H,(H-,7,11);1H. The van der Waals surface area contributed by atoms with Crippen molar-refractivity contribution in [2.75, 3.05) is 0 Å². The summed E-state index contributed by atoms with van der Waals surface area (Å²) in [5, 5.41) is 8.24. The van der Waals surface area contributed by atoms with Crippen molar-refractivity contribution in [1.29, 1.82) is 5.39 Å². The molecule has 12 heavy (non-hydrogen) atoms. The van der Waals surface area contributed by atoms with Crippen LogP contribution in [0.3, 0.4) is 0 Å². The lowest BCUT2D eigenvalue weighted by Gasteiger charge is -1.87. The average molecular weight is 185 g/mol. The van der Waals surface area contributed by atoms with Gasteiger partial charge in [-0.15, -0.1) is 0 Å². The highest BCUT2D eigenvalue weighted by atomic mass is 35.5. The number of aromatic nitrogens is 1. The Bertz CT molecular complexity index is 315. The van der Waals surface area contributed by atoms with Gasteiger partial charge in [-0.25, -0.2) is 4.98 Å². The Morgan fingerprint density at radius 2 is 2.25 bits per heavy atom. The van der Waals surface area contributed by atoms with Crippen LogP contribution < -0.4 is 18.1 Å². The van der Waals surface area contributed by atoms with Gasteiger partial charge in [0.1, 0.15) is 11.9 Å². The number of carbonyl (C=O) groups excluding carboxylic acids is 1. The minimum absolute atomic E-state index is 0. The Balaban J connectivity index is 0.00000121. The van der Waals surface area contributed by atoms with Crippen molar-refractivity contribution < 1.29 is 17.2 Å². The van der Waals surface area contributed by atoms with Crippen LogP contribution in [0.2, 0.25) is 0 Å². The maximum absolute atomic E-state index is 10.5. The third-order valence-electron chi connectivity index (χ3n) is 1.12. The third-order valence-corrected chi connectivity index (χ3v) is 1.12. The molecule has 2 N–H and O–H groups in total. The molecular weight excluding hydrogens is 180 g/mol. The van der Waals surface area contributed by atoms with Gasteiger partial charge < -0.3 is 18.1 Å². The Morgan fingerprint density at radius 1 is 1.58 bits per heavy atom. The monoisotopic (exact) mass is 184 g/mol. The quantitative estimate of drug-likeness (QED) is 0.497. The summed E-state index contributed by atoms with van der Waals surface area (Å²) in [6, 6.07) is 2.82. The van der Waals surface area contributed by atoms with E-state index in [0.29, 0.717) is 0 Å². The van der Waals surface area contributed by atoms with Crippen LogP contribution in [0.4, 0.5) is 5.69 Å². The highest BCUT2D eigenvalue weighted by Gasteiger charge is 2.06. The second-order valence-electron chi connectivity index (χ2n) is 1.87. The largest absolute Gasteiger partial charge is 1.00 e. The molecule has 0 spiro atoms. The van der Waals surface area contributed by atoms with Gasteiger partial charge in [-0.1, -0.05) is 0 Å². The maximum Gasteiger partial charge on any atom is 0.403 e. The number of carbonyl (C=O) groups is 1. The number of rotatable bonds is 1. The highest BCUT2D eigenvalue weighted by Crippen LogP contribution is 2.08. The van der Waals surface area contributed by atoms with Crippen molar-refractivity contribution in [3.8, 4) is 0 Å². The number of amides is 1. The predicted octanol–water partition coefficient (Wildman–Crippen LogP) is -2.33. The first-order valence-electron chi connectivity index (χ1n) is 2.85. The van der Waals surface area contributed by atoms with Crippen LogP contribution in [0.25, 0.3) is 4.98 Å². The van der Waals surface area contributed by atoms with Crippen LogP contribution in [0.15, 0.2) is 18.3 Å². The molecule has 1 heterocycles. The molecular formula is C6H5ClN4O. The van der Waals surface area contributed by atoms with Gasteiger partial charge in [0.15, 0.2) is 4.98 Å². The minimum Gasteiger partial charge on any atom is -1.00 e. The van der Waals surface area contributed by atoms with E-state index < -0.39 is 5.91 Å². The number of pyridine rings is 1. The van der Waals surface area contributed by atoms with Crippen molar-refractivity contribution in [2.24, 2.45) is 5.73 Å². The van der Waals surface area contributed by atoms with E-state index in [1.54, 1.807) is 0 Å². The topological polar surface area (TPSA) is 84.1 Å². The first-order chi connectivity index (χ1) is 5.24.